The lowest BCUT2D eigenvalue weighted by molar-refractivity contribution is -0.203. The molecule has 1 aliphatic heterocycles. The van der Waals surface area contributed by atoms with Crippen LogP contribution in [0, 0.1) is 0 Å². The lowest BCUT2D eigenvalue weighted by Gasteiger charge is -2.42. The highest BCUT2D eigenvalue weighted by molar-refractivity contribution is 4.93. The molecule has 92 valence electrons. The molecule has 0 bridgehead atoms. The van der Waals surface area contributed by atoms with Gasteiger partial charge in [0.05, 0.1) is 19.3 Å². The standard InChI is InChI=1S/C12H21NO3/c1-3-6-13(2)10-9-12(5-4-11(10)14)15-7-8-16-12/h3,10-11,14H,1,4-9H2,2H3/t10-,11-/m0/s1. The minimum Gasteiger partial charge on any atom is -0.391 e. The smallest absolute Gasteiger partial charge is 0.170 e. The Bertz CT molecular complexity index is 251. The molecule has 2 rings (SSSR count). The first-order valence-electron chi connectivity index (χ1n) is 5.94. The van der Waals surface area contributed by atoms with E-state index < -0.39 is 5.79 Å². The molecule has 2 fully saturated rings. The lowest BCUT2D eigenvalue weighted by Crippen LogP contribution is -2.52. The van der Waals surface area contributed by atoms with Crippen molar-refractivity contribution in [3.05, 3.63) is 12.7 Å². The van der Waals surface area contributed by atoms with Crippen LogP contribution in [0.4, 0.5) is 0 Å². The van der Waals surface area contributed by atoms with Gasteiger partial charge in [0.15, 0.2) is 5.79 Å². The molecule has 0 amide bonds. The van der Waals surface area contributed by atoms with Gasteiger partial charge in [-0.3, -0.25) is 4.90 Å². The fourth-order valence-electron chi connectivity index (χ4n) is 2.66. The summed E-state index contributed by atoms with van der Waals surface area (Å²) in [6.07, 6.45) is 3.85. The topological polar surface area (TPSA) is 41.9 Å². The zero-order valence-corrected chi connectivity index (χ0v) is 9.89. The number of likely N-dealkylation sites (N-methyl/N-ethyl adjacent to an activating group) is 1. The van der Waals surface area contributed by atoms with Gasteiger partial charge < -0.3 is 14.6 Å². The molecule has 0 radical (unpaired) electrons. The molecule has 1 spiro atoms. The Balaban J connectivity index is 2.02. The molecular formula is C12H21NO3. The Hall–Kier alpha value is -0.420. The number of hydrogen-bond donors (Lipinski definition) is 1. The lowest BCUT2D eigenvalue weighted by atomic mass is 9.86. The van der Waals surface area contributed by atoms with Gasteiger partial charge in [-0.1, -0.05) is 6.08 Å². The van der Waals surface area contributed by atoms with Crippen LogP contribution in [0.1, 0.15) is 19.3 Å². The highest BCUT2D eigenvalue weighted by Gasteiger charge is 2.45. The van der Waals surface area contributed by atoms with Gasteiger partial charge in [0.25, 0.3) is 0 Å². The highest BCUT2D eigenvalue weighted by Crippen LogP contribution is 2.37. The zero-order chi connectivity index (χ0) is 11.6. The minimum atomic E-state index is -0.431. The third kappa shape index (κ3) is 2.30. The van der Waals surface area contributed by atoms with Crippen molar-refractivity contribution < 1.29 is 14.6 Å². The molecule has 1 saturated carbocycles. The van der Waals surface area contributed by atoms with Crippen molar-refractivity contribution in [2.45, 2.75) is 37.2 Å². The quantitative estimate of drug-likeness (QED) is 0.723. The monoisotopic (exact) mass is 227 g/mol. The summed E-state index contributed by atoms with van der Waals surface area (Å²) in [6.45, 7) is 5.85. The van der Waals surface area contributed by atoms with Crippen LogP contribution in [0.25, 0.3) is 0 Å². The molecule has 1 N–H and O–H groups in total. The normalized spacial score (nSPS) is 33.4. The second-order valence-electron chi connectivity index (χ2n) is 4.71. The first-order chi connectivity index (χ1) is 7.67. The number of nitrogens with zero attached hydrogens (tertiary/aromatic N) is 1. The number of hydrogen-bond acceptors (Lipinski definition) is 4. The Morgan fingerprint density at radius 1 is 1.50 bits per heavy atom. The van der Waals surface area contributed by atoms with Crippen molar-refractivity contribution in [3.63, 3.8) is 0 Å². The molecule has 0 aromatic carbocycles. The van der Waals surface area contributed by atoms with E-state index in [4.69, 9.17) is 9.47 Å². The van der Waals surface area contributed by atoms with Crippen molar-refractivity contribution in [1.29, 1.82) is 0 Å². The van der Waals surface area contributed by atoms with Crippen LogP contribution < -0.4 is 0 Å². The van der Waals surface area contributed by atoms with Gasteiger partial charge in [-0.2, -0.15) is 0 Å². The molecule has 4 heteroatoms. The molecule has 0 aromatic heterocycles. The van der Waals surface area contributed by atoms with E-state index in [1.54, 1.807) is 0 Å². The van der Waals surface area contributed by atoms with Crippen molar-refractivity contribution in [2.24, 2.45) is 0 Å². The third-order valence-electron chi connectivity index (χ3n) is 3.58. The van der Waals surface area contributed by atoms with E-state index in [1.165, 1.54) is 0 Å². The average molecular weight is 227 g/mol. The molecule has 1 saturated heterocycles. The van der Waals surface area contributed by atoms with Crippen molar-refractivity contribution in [2.75, 3.05) is 26.8 Å². The number of aliphatic hydroxyl groups is 1. The van der Waals surface area contributed by atoms with Crippen LogP contribution in [-0.4, -0.2) is 54.7 Å². The van der Waals surface area contributed by atoms with E-state index in [-0.39, 0.29) is 12.1 Å². The minimum absolute atomic E-state index is 0.102. The predicted octanol–water partition coefficient (Wildman–Crippen LogP) is 0.761. The van der Waals surface area contributed by atoms with Crippen molar-refractivity contribution in [3.8, 4) is 0 Å². The molecule has 2 atom stereocenters. The van der Waals surface area contributed by atoms with Gasteiger partial charge in [-0.25, -0.2) is 0 Å². The highest BCUT2D eigenvalue weighted by atomic mass is 16.7. The molecular weight excluding hydrogens is 206 g/mol. The van der Waals surface area contributed by atoms with Crippen LogP contribution in [-0.2, 0) is 9.47 Å². The summed E-state index contributed by atoms with van der Waals surface area (Å²) in [5.74, 6) is -0.431. The summed E-state index contributed by atoms with van der Waals surface area (Å²) in [7, 11) is 2.00. The summed E-state index contributed by atoms with van der Waals surface area (Å²) < 4.78 is 11.4. The molecule has 2 aliphatic rings. The summed E-state index contributed by atoms with van der Waals surface area (Å²) in [6, 6.07) is 0.102. The number of aliphatic hydroxyl groups excluding tert-OH is 1. The number of ether oxygens (including phenoxy) is 2. The Kier molecular flexibility index (Phi) is 3.64. The van der Waals surface area contributed by atoms with E-state index in [0.29, 0.717) is 13.2 Å². The average Bonchev–Trinajstić information content (AvgIpc) is 2.71. The molecule has 0 unspecified atom stereocenters. The number of rotatable bonds is 3. The van der Waals surface area contributed by atoms with Gasteiger partial charge >= 0.3 is 0 Å². The van der Waals surface area contributed by atoms with E-state index >= 15 is 0 Å². The third-order valence-corrected chi connectivity index (χ3v) is 3.58. The van der Waals surface area contributed by atoms with Gasteiger partial charge in [-0.05, 0) is 13.5 Å². The van der Waals surface area contributed by atoms with Gasteiger partial charge in [0.2, 0.25) is 0 Å². The van der Waals surface area contributed by atoms with Crippen LogP contribution in [0.5, 0.6) is 0 Å². The Morgan fingerprint density at radius 2 is 2.19 bits per heavy atom. The summed E-state index contributed by atoms with van der Waals surface area (Å²) in [4.78, 5) is 2.11. The SMILES string of the molecule is C=CCN(C)[C@H]1CC2(CC[C@@H]1O)OCCO2. The van der Waals surface area contributed by atoms with E-state index in [1.807, 2.05) is 13.1 Å². The molecule has 4 nitrogen and oxygen atoms in total. The van der Waals surface area contributed by atoms with Crippen molar-refractivity contribution >= 4 is 0 Å². The van der Waals surface area contributed by atoms with E-state index in [0.717, 1.165) is 25.8 Å². The summed E-state index contributed by atoms with van der Waals surface area (Å²) in [5, 5.41) is 10.0. The zero-order valence-electron chi connectivity index (χ0n) is 9.89. The molecule has 1 heterocycles. The van der Waals surface area contributed by atoms with Crippen LogP contribution in [0.3, 0.4) is 0 Å². The van der Waals surface area contributed by atoms with Crippen molar-refractivity contribution in [1.82, 2.24) is 4.90 Å². The Morgan fingerprint density at radius 3 is 2.81 bits per heavy atom. The summed E-state index contributed by atoms with van der Waals surface area (Å²) >= 11 is 0. The predicted molar refractivity (Wildman–Crippen MR) is 61.1 cm³/mol. The molecule has 1 aliphatic carbocycles. The second kappa shape index (κ2) is 4.84. The largest absolute Gasteiger partial charge is 0.391 e. The first-order valence-corrected chi connectivity index (χ1v) is 5.94. The fourth-order valence-corrected chi connectivity index (χ4v) is 2.66. The van der Waals surface area contributed by atoms with Crippen LogP contribution >= 0.6 is 0 Å². The maximum Gasteiger partial charge on any atom is 0.170 e. The van der Waals surface area contributed by atoms with Crippen LogP contribution in [0.15, 0.2) is 12.7 Å². The van der Waals surface area contributed by atoms with Gasteiger partial charge in [0.1, 0.15) is 0 Å². The Labute approximate surface area is 96.8 Å². The van der Waals surface area contributed by atoms with E-state index in [9.17, 15) is 5.11 Å². The second-order valence-corrected chi connectivity index (χ2v) is 4.71. The van der Waals surface area contributed by atoms with E-state index in [2.05, 4.69) is 11.5 Å². The summed E-state index contributed by atoms with van der Waals surface area (Å²) in [5.41, 5.74) is 0. The molecule has 16 heavy (non-hydrogen) atoms. The maximum atomic E-state index is 10.0. The van der Waals surface area contributed by atoms with Gasteiger partial charge in [0, 0.05) is 25.4 Å². The maximum absolute atomic E-state index is 10.0. The van der Waals surface area contributed by atoms with Gasteiger partial charge in [-0.15, -0.1) is 6.58 Å². The molecule has 0 aromatic rings. The fraction of sp³-hybridized carbons (Fsp3) is 0.833. The van der Waals surface area contributed by atoms with Crippen LogP contribution in [0.2, 0.25) is 0 Å². The first kappa shape index (κ1) is 12.0.